The van der Waals surface area contributed by atoms with Gasteiger partial charge in [-0.15, -0.1) is 0 Å². The third kappa shape index (κ3) is 5.21. The Labute approximate surface area is 124 Å². The fraction of sp³-hybridized carbons (Fsp3) is 0.200. The molecule has 21 heavy (non-hydrogen) atoms. The quantitative estimate of drug-likeness (QED) is 0.540. The zero-order valence-electron chi connectivity index (χ0n) is 12.2. The Bertz CT molecular complexity index is 586. The molecule has 0 aliphatic heterocycles. The van der Waals surface area contributed by atoms with E-state index in [-0.39, 0.29) is 0 Å². The molecule has 6 heteroatoms. The molecule has 10 N–H and O–H groups in total. The molecule has 0 saturated heterocycles. The lowest BCUT2D eigenvalue weighted by Gasteiger charge is -2.04. The predicted molar refractivity (Wildman–Crippen MR) is 89.1 cm³/mol. The van der Waals surface area contributed by atoms with Crippen LogP contribution in [0.5, 0.6) is 0 Å². The zero-order chi connectivity index (χ0) is 15.8. The second-order valence-corrected chi connectivity index (χ2v) is 4.55. The first-order chi connectivity index (χ1) is 9.97. The molecule has 6 nitrogen and oxygen atoms in total. The van der Waals surface area contributed by atoms with Crippen LogP contribution in [0.25, 0.3) is 0 Å². The molecule has 2 aromatic carbocycles. The van der Waals surface area contributed by atoms with Crippen molar-refractivity contribution in [1.82, 2.24) is 0 Å². The molecule has 2 rings (SSSR count). The molecule has 0 unspecified atom stereocenters. The van der Waals surface area contributed by atoms with Crippen LogP contribution in [-0.4, -0.2) is 7.11 Å². The number of hydrogen-bond donors (Lipinski definition) is 5. The molecule has 0 aromatic heterocycles. The Balaban J connectivity index is 0.000000211. The first-order valence-electron chi connectivity index (χ1n) is 6.44. The van der Waals surface area contributed by atoms with Crippen LogP contribution in [-0.2, 0) is 17.9 Å². The Morgan fingerprint density at radius 3 is 1.71 bits per heavy atom. The van der Waals surface area contributed by atoms with E-state index in [4.69, 9.17) is 33.4 Å². The van der Waals surface area contributed by atoms with Gasteiger partial charge in [0, 0.05) is 42.0 Å². The summed E-state index contributed by atoms with van der Waals surface area (Å²) in [4.78, 5) is 0. The third-order valence-corrected chi connectivity index (χ3v) is 2.85. The van der Waals surface area contributed by atoms with E-state index in [9.17, 15) is 0 Å². The second-order valence-electron chi connectivity index (χ2n) is 4.55. The number of methoxy groups -OCH3 is 1. The Hall–Kier alpha value is -2.44. The molecule has 0 radical (unpaired) electrons. The van der Waals surface area contributed by atoms with Crippen molar-refractivity contribution in [3.05, 3.63) is 47.5 Å². The van der Waals surface area contributed by atoms with E-state index < -0.39 is 0 Å². The van der Waals surface area contributed by atoms with Gasteiger partial charge in [0.1, 0.15) is 0 Å². The van der Waals surface area contributed by atoms with Crippen LogP contribution in [0.3, 0.4) is 0 Å². The number of nitrogen functional groups attached to an aromatic ring is 4. The Kier molecular flexibility index (Phi) is 6.32. The summed E-state index contributed by atoms with van der Waals surface area (Å²) in [5, 5.41) is 0. The summed E-state index contributed by atoms with van der Waals surface area (Å²) in [5.74, 6) is 0. The van der Waals surface area contributed by atoms with E-state index >= 15 is 0 Å². The monoisotopic (exact) mass is 289 g/mol. The minimum absolute atomic E-state index is 0.441. The molecular weight excluding hydrogens is 266 g/mol. The standard InChI is InChI=1S/C8H12N2O.C7H11N3/c1-11-5-6-4-7(9)2-3-8(6)10;8-4-5-3-6(9)1-2-7(5)10/h2-4H,5,9-10H2,1H3;1-3H,4,8-10H2. The van der Waals surface area contributed by atoms with E-state index in [1.165, 1.54) is 0 Å². The molecule has 2 aromatic rings. The average molecular weight is 289 g/mol. The van der Waals surface area contributed by atoms with Crippen LogP contribution in [0.15, 0.2) is 36.4 Å². The molecule has 0 spiro atoms. The van der Waals surface area contributed by atoms with Crippen molar-refractivity contribution in [1.29, 1.82) is 0 Å². The van der Waals surface area contributed by atoms with E-state index in [0.717, 1.165) is 16.8 Å². The minimum Gasteiger partial charge on any atom is -0.399 e. The zero-order valence-corrected chi connectivity index (χ0v) is 12.2. The van der Waals surface area contributed by atoms with Crippen LogP contribution >= 0.6 is 0 Å². The summed E-state index contributed by atoms with van der Waals surface area (Å²) in [7, 11) is 1.63. The van der Waals surface area contributed by atoms with Crippen LogP contribution in [0, 0.1) is 0 Å². The first-order valence-corrected chi connectivity index (χ1v) is 6.44. The summed E-state index contributed by atoms with van der Waals surface area (Å²) in [6, 6.07) is 10.7. The lowest BCUT2D eigenvalue weighted by atomic mass is 10.1. The molecule has 0 aliphatic carbocycles. The average Bonchev–Trinajstić information content (AvgIpc) is 2.46. The molecule has 0 aliphatic rings. The fourth-order valence-corrected chi connectivity index (χ4v) is 1.71. The molecular formula is C15H23N5O. The fourth-order valence-electron chi connectivity index (χ4n) is 1.71. The Morgan fingerprint density at radius 1 is 0.810 bits per heavy atom. The van der Waals surface area contributed by atoms with Crippen molar-refractivity contribution in [3.63, 3.8) is 0 Å². The van der Waals surface area contributed by atoms with Crippen molar-refractivity contribution in [2.45, 2.75) is 13.2 Å². The van der Waals surface area contributed by atoms with Crippen molar-refractivity contribution in [3.8, 4) is 0 Å². The van der Waals surface area contributed by atoms with Gasteiger partial charge in [0.25, 0.3) is 0 Å². The van der Waals surface area contributed by atoms with Crippen molar-refractivity contribution < 1.29 is 4.74 Å². The molecule has 0 saturated carbocycles. The maximum Gasteiger partial charge on any atom is 0.0733 e. The normalized spacial score (nSPS) is 9.81. The summed E-state index contributed by atoms with van der Waals surface area (Å²) in [6.07, 6.45) is 0. The lowest BCUT2D eigenvalue weighted by molar-refractivity contribution is 0.185. The molecule has 0 fully saturated rings. The van der Waals surface area contributed by atoms with Gasteiger partial charge in [-0.05, 0) is 42.0 Å². The second kappa shape index (κ2) is 7.98. The summed E-state index contributed by atoms with van der Waals surface area (Å²) in [6.45, 7) is 0.952. The van der Waals surface area contributed by atoms with Gasteiger partial charge in [-0.1, -0.05) is 0 Å². The highest BCUT2D eigenvalue weighted by molar-refractivity contribution is 5.55. The molecule has 0 heterocycles. The highest BCUT2D eigenvalue weighted by atomic mass is 16.5. The van der Waals surface area contributed by atoms with Gasteiger partial charge in [0.05, 0.1) is 6.61 Å². The number of nitrogens with two attached hydrogens (primary N) is 5. The number of anilines is 4. The maximum absolute atomic E-state index is 5.64. The van der Waals surface area contributed by atoms with E-state index in [1.807, 2.05) is 6.07 Å². The minimum atomic E-state index is 0.441. The number of ether oxygens (including phenoxy) is 1. The van der Waals surface area contributed by atoms with Gasteiger partial charge in [-0.2, -0.15) is 0 Å². The highest BCUT2D eigenvalue weighted by Crippen LogP contribution is 2.16. The van der Waals surface area contributed by atoms with Crippen molar-refractivity contribution >= 4 is 22.7 Å². The summed E-state index contributed by atoms with van der Waals surface area (Å²) >= 11 is 0. The number of benzene rings is 2. The smallest absolute Gasteiger partial charge is 0.0733 e. The van der Waals surface area contributed by atoms with Crippen LogP contribution in [0.1, 0.15) is 11.1 Å². The number of hydrogen-bond acceptors (Lipinski definition) is 6. The predicted octanol–water partition coefficient (Wildman–Crippen LogP) is 1.31. The maximum atomic E-state index is 5.64. The van der Waals surface area contributed by atoms with Gasteiger partial charge in [-0.25, -0.2) is 0 Å². The largest absolute Gasteiger partial charge is 0.399 e. The van der Waals surface area contributed by atoms with E-state index in [0.29, 0.717) is 30.2 Å². The van der Waals surface area contributed by atoms with Gasteiger partial charge < -0.3 is 33.4 Å². The topological polar surface area (TPSA) is 139 Å². The van der Waals surface area contributed by atoms with Gasteiger partial charge in [0.15, 0.2) is 0 Å². The lowest BCUT2D eigenvalue weighted by Crippen LogP contribution is -2.02. The van der Waals surface area contributed by atoms with Crippen LogP contribution in [0.4, 0.5) is 22.7 Å². The van der Waals surface area contributed by atoms with Crippen molar-refractivity contribution in [2.24, 2.45) is 5.73 Å². The molecule has 0 atom stereocenters. The van der Waals surface area contributed by atoms with E-state index in [2.05, 4.69) is 0 Å². The van der Waals surface area contributed by atoms with Gasteiger partial charge in [0.2, 0.25) is 0 Å². The summed E-state index contributed by atoms with van der Waals surface area (Å²) < 4.78 is 4.93. The van der Waals surface area contributed by atoms with Gasteiger partial charge in [-0.3, -0.25) is 0 Å². The van der Waals surface area contributed by atoms with Crippen LogP contribution in [0.2, 0.25) is 0 Å². The Morgan fingerprint density at radius 2 is 1.29 bits per heavy atom. The first kappa shape index (κ1) is 16.6. The molecule has 0 amide bonds. The third-order valence-electron chi connectivity index (χ3n) is 2.85. The summed E-state index contributed by atoms with van der Waals surface area (Å²) in [5.41, 5.74) is 32.3. The van der Waals surface area contributed by atoms with Gasteiger partial charge >= 0.3 is 0 Å². The number of rotatable bonds is 3. The molecule has 0 bridgehead atoms. The molecule has 114 valence electrons. The van der Waals surface area contributed by atoms with Crippen LogP contribution < -0.4 is 28.7 Å². The van der Waals surface area contributed by atoms with E-state index in [1.54, 1.807) is 37.4 Å². The van der Waals surface area contributed by atoms with Crippen molar-refractivity contribution in [2.75, 3.05) is 30.0 Å². The highest BCUT2D eigenvalue weighted by Gasteiger charge is 1.97. The SMILES string of the molecule is COCc1cc(N)ccc1N.NCc1cc(N)ccc1N.